The van der Waals surface area contributed by atoms with E-state index in [0.29, 0.717) is 24.2 Å². The summed E-state index contributed by atoms with van der Waals surface area (Å²) in [6.07, 6.45) is 5.53. The van der Waals surface area contributed by atoms with E-state index in [2.05, 4.69) is 6.92 Å². The number of ketones is 1. The molecule has 0 heterocycles. The zero-order valence-corrected chi connectivity index (χ0v) is 16.5. The van der Waals surface area contributed by atoms with Crippen LogP contribution in [0, 0.1) is 28.6 Å². The predicted molar refractivity (Wildman–Crippen MR) is 99.7 cm³/mol. The SMILES string of the molecule is CCC(=O)OC1=C(O)[C@@H]2[C@H](CC[C@]3(C)C(=O)CC[C@@H]23)[C@@]2(C)CCCC(O)=C12. The van der Waals surface area contributed by atoms with Crippen LogP contribution in [0.3, 0.4) is 0 Å². The fraction of sp³-hybridized carbons (Fsp3) is 0.727. The summed E-state index contributed by atoms with van der Waals surface area (Å²) in [5, 5.41) is 22.0. The Balaban J connectivity index is 1.90. The van der Waals surface area contributed by atoms with Crippen LogP contribution in [-0.4, -0.2) is 22.0 Å². The molecule has 148 valence electrons. The van der Waals surface area contributed by atoms with E-state index in [1.54, 1.807) is 6.92 Å². The molecule has 0 unspecified atom stereocenters. The number of fused-ring (bicyclic) bond motifs is 5. The lowest BCUT2D eigenvalue weighted by molar-refractivity contribution is -0.141. The fourth-order valence-corrected chi connectivity index (χ4v) is 6.54. The summed E-state index contributed by atoms with van der Waals surface area (Å²) in [6.45, 7) is 5.90. The van der Waals surface area contributed by atoms with Crippen LogP contribution in [0.2, 0.25) is 0 Å². The van der Waals surface area contributed by atoms with Gasteiger partial charge in [0.05, 0.1) is 5.76 Å². The number of hydrogen-bond donors (Lipinski definition) is 2. The van der Waals surface area contributed by atoms with Crippen LogP contribution in [0.1, 0.15) is 72.1 Å². The number of aliphatic hydroxyl groups excluding tert-OH is 2. The highest BCUT2D eigenvalue weighted by molar-refractivity contribution is 5.87. The van der Waals surface area contributed by atoms with E-state index in [4.69, 9.17) is 4.74 Å². The largest absolute Gasteiger partial charge is 0.512 e. The molecule has 0 aliphatic heterocycles. The van der Waals surface area contributed by atoms with Crippen molar-refractivity contribution in [3.05, 3.63) is 22.9 Å². The molecule has 0 spiro atoms. The molecular weight excluding hydrogens is 344 g/mol. The average molecular weight is 374 g/mol. The molecular formula is C22H30O5. The van der Waals surface area contributed by atoms with Gasteiger partial charge in [0.2, 0.25) is 0 Å². The number of Topliss-reactive ketones (excluding diaryl/α,β-unsaturated/α-hetero) is 1. The first-order valence-corrected chi connectivity index (χ1v) is 10.3. The molecule has 0 aromatic carbocycles. The summed E-state index contributed by atoms with van der Waals surface area (Å²) in [5.74, 6) is 0.412. The molecule has 0 aromatic rings. The molecule has 0 amide bonds. The molecule has 0 saturated heterocycles. The molecule has 4 rings (SSSR count). The van der Waals surface area contributed by atoms with Gasteiger partial charge in [-0.3, -0.25) is 9.59 Å². The number of aliphatic hydroxyl groups is 2. The van der Waals surface area contributed by atoms with Crippen LogP contribution in [0.4, 0.5) is 0 Å². The molecule has 2 N–H and O–H groups in total. The van der Waals surface area contributed by atoms with Crippen molar-refractivity contribution >= 4 is 11.8 Å². The number of esters is 1. The van der Waals surface area contributed by atoms with Gasteiger partial charge in [-0.2, -0.15) is 0 Å². The van der Waals surface area contributed by atoms with E-state index in [1.807, 2.05) is 6.92 Å². The number of hydrogen-bond acceptors (Lipinski definition) is 5. The van der Waals surface area contributed by atoms with Gasteiger partial charge in [0.15, 0.2) is 5.76 Å². The summed E-state index contributed by atoms with van der Waals surface area (Å²) in [4.78, 5) is 24.7. The lowest BCUT2D eigenvalue weighted by atomic mass is 9.48. The first-order valence-electron chi connectivity index (χ1n) is 10.3. The highest BCUT2D eigenvalue weighted by Gasteiger charge is 2.62. The molecule has 5 nitrogen and oxygen atoms in total. The standard InChI is InChI=1S/C22H30O5/c1-4-16(25)27-20-18-14(23)6-5-10-22(18,3)13-9-11-21(2)12(7-8-15(21)24)17(13)19(20)26/h12-13,17,23,26H,4-11H2,1-3H3/t12-,13-,17-,21-,22+/m0/s1. The number of rotatable bonds is 2. The number of carbonyl (C=O) groups excluding carboxylic acids is 2. The Kier molecular flexibility index (Phi) is 4.21. The van der Waals surface area contributed by atoms with Crippen LogP contribution in [0.25, 0.3) is 0 Å². The first kappa shape index (κ1) is 18.6. The topological polar surface area (TPSA) is 83.8 Å². The second kappa shape index (κ2) is 6.11. The number of carbonyl (C=O) groups is 2. The van der Waals surface area contributed by atoms with Crippen molar-refractivity contribution in [2.45, 2.75) is 72.1 Å². The van der Waals surface area contributed by atoms with E-state index in [-0.39, 0.29) is 46.9 Å². The van der Waals surface area contributed by atoms with Crippen LogP contribution >= 0.6 is 0 Å². The van der Waals surface area contributed by atoms with E-state index in [1.165, 1.54) is 0 Å². The van der Waals surface area contributed by atoms with Crippen molar-refractivity contribution in [1.29, 1.82) is 0 Å². The summed E-state index contributed by atoms with van der Waals surface area (Å²) in [6, 6.07) is 0. The summed E-state index contributed by atoms with van der Waals surface area (Å²) in [5.41, 5.74) is -0.110. The minimum Gasteiger partial charge on any atom is -0.512 e. The molecule has 5 atom stereocenters. The number of ether oxygens (including phenoxy) is 1. The fourth-order valence-electron chi connectivity index (χ4n) is 6.54. The maximum absolute atomic E-state index is 12.6. The molecule has 27 heavy (non-hydrogen) atoms. The maximum Gasteiger partial charge on any atom is 0.311 e. The molecule has 0 radical (unpaired) electrons. The smallest absolute Gasteiger partial charge is 0.311 e. The van der Waals surface area contributed by atoms with Crippen molar-refractivity contribution in [2.75, 3.05) is 0 Å². The summed E-state index contributed by atoms with van der Waals surface area (Å²) >= 11 is 0. The molecule has 4 aliphatic carbocycles. The maximum atomic E-state index is 12.6. The summed E-state index contributed by atoms with van der Waals surface area (Å²) in [7, 11) is 0. The van der Waals surface area contributed by atoms with Crippen molar-refractivity contribution in [1.82, 2.24) is 0 Å². The molecule has 0 bridgehead atoms. The van der Waals surface area contributed by atoms with Gasteiger partial charge in [0.1, 0.15) is 11.5 Å². The van der Waals surface area contributed by atoms with Gasteiger partial charge in [0.25, 0.3) is 0 Å². The van der Waals surface area contributed by atoms with Gasteiger partial charge >= 0.3 is 5.97 Å². The van der Waals surface area contributed by atoms with Gasteiger partial charge in [-0.05, 0) is 43.9 Å². The molecule has 4 aliphatic rings. The van der Waals surface area contributed by atoms with Crippen molar-refractivity contribution in [3.8, 4) is 0 Å². The summed E-state index contributed by atoms with van der Waals surface area (Å²) < 4.78 is 5.60. The molecule has 2 fully saturated rings. The van der Waals surface area contributed by atoms with Crippen molar-refractivity contribution in [3.63, 3.8) is 0 Å². The van der Waals surface area contributed by atoms with Crippen LogP contribution in [0.5, 0.6) is 0 Å². The van der Waals surface area contributed by atoms with Gasteiger partial charge in [-0.15, -0.1) is 0 Å². The Morgan fingerprint density at radius 1 is 1.11 bits per heavy atom. The zero-order chi connectivity index (χ0) is 19.6. The Morgan fingerprint density at radius 2 is 1.81 bits per heavy atom. The lowest BCUT2D eigenvalue weighted by Gasteiger charge is -2.56. The van der Waals surface area contributed by atoms with Crippen molar-refractivity contribution < 1.29 is 24.5 Å². The van der Waals surface area contributed by atoms with Gasteiger partial charge in [0, 0.05) is 41.6 Å². The zero-order valence-electron chi connectivity index (χ0n) is 16.5. The highest BCUT2D eigenvalue weighted by atomic mass is 16.5. The lowest BCUT2D eigenvalue weighted by Crippen LogP contribution is -2.52. The third-order valence-electron chi connectivity index (χ3n) is 8.05. The van der Waals surface area contributed by atoms with Gasteiger partial charge < -0.3 is 14.9 Å². The average Bonchev–Trinajstić information content (AvgIpc) is 2.93. The quantitative estimate of drug-likeness (QED) is 0.682. The predicted octanol–water partition coefficient (Wildman–Crippen LogP) is 4.74. The minimum absolute atomic E-state index is 0.0709. The first-order chi connectivity index (χ1) is 12.7. The van der Waals surface area contributed by atoms with Gasteiger partial charge in [-0.25, -0.2) is 0 Å². The minimum atomic E-state index is -0.413. The number of allylic oxidation sites excluding steroid dienone is 3. The van der Waals surface area contributed by atoms with Crippen LogP contribution in [-0.2, 0) is 14.3 Å². The monoisotopic (exact) mass is 374 g/mol. The third kappa shape index (κ3) is 2.43. The second-order valence-corrected chi connectivity index (χ2v) is 9.29. The van der Waals surface area contributed by atoms with Gasteiger partial charge in [-0.1, -0.05) is 20.8 Å². The Labute approximate surface area is 160 Å². The Hall–Kier alpha value is -1.78. The molecule has 5 heteroatoms. The van der Waals surface area contributed by atoms with Crippen LogP contribution < -0.4 is 0 Å². The normalized spacial score (nSPS) is 41.1. The second-order valence-electron chi connectivity index (χ2n) is 9.29. The van der Waals surface area contributed by atoms with E-state index < -0.39 is 11.4 Å². The van der Waals surface area contributed by atoms with E-state index in [0.717, 1.165) is 32.1 Å². The third-order valence-corrected chi connectivity index (χ3v) is 8.05. The van der Waals surface area contributed by atoms with Crippen molar-refractivity contribution in [2.24, 2.45) is 28.6 Å². The Morgan fingerprint density at radius 3 is 2.52 bits per heavy atom. The van der Waals surface area contributed by atoms with E-state index >= 15 is 0 Å². The molecule has 2 saturated carbocycles. The highest BCUT2D eigenvalue weighted by Crippen LogP contribution is 2.66. The Bertz CT molecular complexity index is 763. The molecule has 0 aromatic heterocycles. The van der Waals surface area contributed by atoms with E-state index in [9.17, 15) is 19.8 Å². The van der Waals surface area contributed by atoms with Crippen LogP contribution in [0.15, 0.2) is 22.9 Å².